The summed E-state index contributed by atoms with van der Waals surface area (Å²) in [6, 6.07) is 10.1. The van der Waals surface area contributed by atoms with Crippen LogP contribution in [0.5, 0.6) is 0 Å². The molecule has 0 aliphatic heterocycles. The molecule has 0 aliphatic carbocycles. The third kappa shape index (κ3) is 5.56. The molecular formula is C21H36O2Si. The number of aliphatic hydroxyl groups excluding tert-OH is 1. The molecule has 136 valence electrons. The van der Waals surface area contributed by atoms with Crippen LogP contribution in [0.1, 0.15) is 59.8 Å². The van der Waals surface area contributed by atoms with Crippen LogP contribution in [0.2, 0.25) is 13.1 Å². The monoisotopic (exact) mass is 348 g/mol. The van der Waals surface area contributed by atoms with Crippen molar-refractivity contribution in [2.45, 2.75) is 79.0 Å². The van der Waals surface area contributed by atoms with E-state index in [2.05, 4.69) is 32.2 Å². The van der Waals surface area contributed by atoms with Gasteiger partial charge in [0.15, 0.2) is 8.07 Å². The van der Waals surface area contributed by atoms with Gasteiger partial charge in [0.25, 0.3) is 0 Å². The molecule has 0 saturated heterocycles. The normalized spacial score (nSPS) is 15.1. The molecule has 0 amide bonds. The largest absolute Gasteiger partial charge is 0.392 e. The Labute approximate surface area is 149 Å². The molecule has 1 N–H and O–H groups in total. The first-order valence-electron chi connectivity index (χ1n) is 9.40. The Morgan fingerprint density at radius 3 is 2.17 bits per heavy atom. The molecule has 0 bridgehead atoms. The Morgan fingerprint density at radius 1 is 1.08 bits per heavy atom. The third-order valence-electron chi connectivity index (χ3n) is 5.09. The summed E-state index contributed by atoms with van der Waals surface area (Å²) in [4.78, 5) is 13.4. The van der Waals surface area contributed by atoms with Crippen LogP contribution < -0.4 is 5.19 Å². The minimum atomic E-state index is -2.25. The summed E-state index contributed by atoms with van der Waals surface area (Å²) in [6.07, 6.45) is 4.78. The minimum absolute atomic E-state index is 0.247. The molecule has 0 fully saturated rings. The Morgan fingerprint density at radius 2 is 1.67 bits per heavy atom. The number of aliphatic hydroxyl groups is 1. The summed E-state index contributed by atoms with van der Waals surface area (Å²) in [7, 11) is -2.25. The van der Waals surface area contributed by atoms with E-state index in [4.69, 9.17) is 0 Å². The fourth-order valence-electron chi connectivity index (χ4n) is 3.29. The van der Waals surface area contributed by atoms with Crippen molar-refractivity contribution in [1.29, 1.82) is 0 Å². The van der Waals surface area contributed by atoms with E-state index in [1.165, 1.54) is 12.8 Å². The Balaban J connectivity index is 3.01. The molecule has 0 unspecified atom stereocenters. The van der Waals surface area contributed by atoms with Gasteiger partial charge in [0.2, 0.25) is 0 Å². The molecule has 2 atom stereocenters. The zero-order valence-electron chi connectivity index (χ0n) is 16.4. The third-order valence-corrected chi connectivity index (χ3v) is 8.46. The van der Waals surface area contributed by atoms with Gasteiger partial charge < -0.3 is 9.90 Å². The number of rotatable bonds is 9. The van der Waals surface area contributed by atoms with Crippen molar-refractivity contribution in [2.75, 3.05) is 0 Å². The molecule has 0 radical (unpaired) electrons. The van der Waals surface area contributed by atoms with Crippen molar-refractivity contribution in [3.8, 4) is 0 Å². The van der Waals surface area contributed by atoms with Crippen LogP contribution in [-0.4, -0.2) is 24.7 Å². The van der Waals surface area contributed by atoms with Crippen LogP contribution in [0.4, 0.5) is 0 Å². The molecule has 1 aromatic rings. The van der Waals surface area contributed by atoms with E-state index in [-0.39, 0.29) is 11.3 Å². The van der Waals surface area contributed by atoms with Crippen LogP contribution in [0.3, 0.4) is 0 Å². The highest BCUT2D eigenvalue weighted by Crippen LogP contribution is 2.31. The molecule has 0 saturated carbocycles. The molecule has 0 spiro atoms. The van der Waals surface area contributed by atoms with E-state index < -0.39 is 14.2 Å². The number of carbonyl (C=O) groups is 1. The predicted octanol–water partition coefficient (Wildman–Crippen LogP) is 4.70. The lowest BCUT2D eigenvalue weighted by molar-refractivity contribution is -0.122. The zero-order valence-corrected chi connectivity index (χ0v) is 17.4. The van der Waals surface area contributed by atoms with Crippen molar-refractivity contribution >= 4 is 18.7 Å². The van der Waals surface area contributed by atoms with Crippen LogP contribution in [-0.2, 0) is 4.79 Å². The van der Waals surface area contributed by atoms with Gasteiger partial charge in [-0.1, -0.05) is 102 Å². The average Bonchev–Trinajstić information content (AvgIpc) is 2.54. The van der Waals surface area contributed by atoms with Crippen molar-refractivity contribution < 1.29 is 9.90 Å². The topological polar surface area (TPSA) is 37.3 Å². The van der Waals surface area contributed by atoms with Gasteiger partial charge >= 0.3 is 0 Å². The van der Waals surface area contributed by atoms with Crippen molar-refractivity contribution in [1.82, 2.24) is 0 Å². The van der Waals surface area contributed by atoms with Gasteiger partial charge in [-0.05, 0) is 11.8 Å². The SMILES string of the molecule is CCCCCC[C@H](C(=O)[Si](C)(C)c1ccccc1)[C@H](O)C(C)(C)C. The first kappa shape index (κ1) is 21.1. The molecular weight excluding hydrogens is 312 g/mol. The average molecular weight is 349 g/mol. The Bertz CT molecular complexity index is 502. The lowest BCUT2D eigenvalue weighted by Crippen LogP contribution is -2.56. The van der Waals surface area contributed by atoms with Crippen molar-refractivity contribution in [2.24, 2.45) is 11.3 Å². The van der Waals surface area contributed by atoms with Crippen molar-refractivity contribution in [3.63, 3.8) is 0 Å². The number of hydrogen-bond acceptors (Lipinski definition) is 2. The summed E-state index contributed by atoms with van der Waals surface area (Å²) >= 11 is 0. The second-order valence-corrected chi connectivity index (χ2v) is 12.9. The highest BCUT2D eigenvalue weighted by molar-refractivity contribution is 7.13. The molecule has 0 heterocycles. The van der Waals surface area contributed by atoms with E-state index in [1.807, 2.05) is 39.0 Å². The lowest BCUT2D eigenvalue weighted by Gasteiger charge is -2.36. The van der Waals surface area contributed by atoms with Gasteiger partial charge in [-0.15, -0.1) is 0 Å². The smallest absolute Gasteiger partial charge is 0.157 e. The van der Waals surface area contributed by atoms with E-state index in [0.29, 0.717) is 5.41 Å². The first-order valence-corrected chi connectivity index (χ1v) is 12.4. The Hall–Kier alpha value is -0.933. The molecule has 24 heavy (non-hydrogen) atoms. The lowest BCUT2D eigenvalue weighted by atomic mass is 9.79. The Kier molecular flexibility index (Phi) is 7.88. The summed E-state index contributed by atoms with van der Waals surface area (Å²) in [6.45, 7) is 12.5. The first-order chi connectivity index (χ1) is 11.1. The number of benzene rings is 1. The summed E-state index contributed by atoms with van der Waals surface area (Å²) in [5, 5.41) is 12.3. The van der Waals surface area contributed by atoms with E-state index >= 15 is 0 Å². The van der Waals surface area contributed by atoms with Gasteiger partial charge in [0.1, 0.15) is 5.41 Å². The van der Waals surface area contributed by atoms with Crippen LogP contribution in [0.15, 0.2) is 30.3 Å². The highest BCUT2D eigenvalue weighted by Gasteiger charge is 2.42. The molecule has 0 aromatic heterocycles. The maximum absolute atomic E-state index is 13.4. The number of carbonyl (C=O) groups excluding carboxylic acids is 1. The number of unbranched alkanes of at least 4 members (excludes halogenated alkanes) is 3. The van der Waals surface area contributed by atoms with Crippen molar-refractivity contribution in [3.05, 3.63) is 30.3 Å². The fraction of sp³-hybridized carbons (Fsp3) is 0.667. The summed E-state index contributed by atoms with van der Waals surface area (Å²) in [5.74, 6) is -0.247. The standard InChI is InChI=1S/C21H36O2Si/c1-7-8-9-13-16-18(19(22)21(2,3)4)20(23)24(5,6)17-14-11-10-12-15-17/h10-12,14-15,18-19,22H,7-9,13,16H2,1-6H3/t18-,19-/m0/s1. The zero-order chi connectivity index (χ0) is 18.4. The maximum atomic E-state index is 13.4. The highest BCUT2D eigenvalue weighted by atomic mass is 28.3. The number of hydrogen-bond donors (Lipinski definition) is 1. The van der Waals surface area contributed by atoms with Crippen LogP contribution in [0, 0.1) is 11.3 Å². The van der Waals surface area contributed by atoms with Gasteiger partial charge in [0.05, 0.1) is 6.10 Å². The second kappa shape index (κ2) is 8.96. The van der Waals surface area contributed by atoms with Gasteiger partial charge in [-0.25, -0.2) is 0 Å². The van der Waals surface area contributed by atoms with E-state index in [9.17, 15) is 9.90 Å². The molecule has 0 aliphatic rings. The second-order valence-electron chi connectivity index (χ2n) is 8.62. The van der Waals surface area contributed by atoms with E-state index in [0.717, 1.165) is 24.4 Å². The molecule has 1 aromatic carbocycles. The van der Waals surface area contributed by atoms with Gasteiger partial charge in [0, 0.05) is 5.92 Å². The maximum Gasteiger partial charge on any atom is 0.157 e. The predicted molar refractivity (Wildman–Crippen MR) is 106 cm³/mol. The summed E-state index contributed by atoms with van der Waals surface area (Å²) in [5.41, 5.74) is -0.272. The minimum Gasteiger partial charge on any atom is -0.392 e. The summed E-state index contributed by atoms with van der Waals surface area (Å²) < 4.78 is 0. The fourth-order valence-corrected chi connectivity index (χ4v) is 5.83. The van der Waals surface area contributed by atoms with Crippen LogP contribution in [0.25, 0.3) is 0 Å². The van der Waals surface area contributed by atoms with Gasteiger partial charge in [-0.2, -0.15) is 0 Å². The van der Waals surface area contributed by atoms with Crippen LogP contribution >= 0.6 is 0 Å². The quantitative estimate of drug-likeness (QED) is 0.518. The molecule has 3 heteroatoms. The van der Waals surface area contributed by atoms with Gasteiger partial charge in [-0.3, -0.25) is 0 Å². The molecule has 1 rings (SSSR count). The molecule has 2 nitrogen and oxygen atoms in total. The van der Waals surface area contributed by atoms with E-state index in [1.54, 1.807) is 0 Å².